The lowest BCUT2D eigenvalue weighted by Crippen LogP contribution is -2.41. The number of rotatable bonds is 4. The molecule has 1 unspecified atom stereocenters. The summed E-state index contributed by atoms with van der Waals surface area (Å²) in [7, 11) is 0. The van der Waals surface area contributed by atoms with Crippen LogP contribution in [-0.2, 0) is 9.53 Å². The van der Waals surface area contributed by atoms with Crippen molar-refractivity contribution in [2.75, 3.05) is 24.5 Å². The Balaban J connectivity index is 1.38. The molecular weight excluding hydrogens is 424 g/mol. The maximum atomic E-state index is 13.7. The van der Waals surface area contributed by atoms with Crippen LogP contribution in [0.15, 0.2) is 84.9 Å². The van der Waals surface area contributed by atoms with Crippen molar-refractivity contribution in [3.8, 4) is 0 Å². The second kappa shape index (κ2) is 8.32. The van der Waals surface area contributed by atoms with E-state index >= 15 is 0 Å². The van der Waals surface area contributed by atoms with Gasteiger partial charge in [-0.25, -0.2) is 4.79 Å². The number of halogens is 1. The van der Waals surface area contributed by atoms with Gasteiger partial charge in [0.2, 0.25) is 5.91 Å². The molecule has 2 fully saturated rings. The summed E-state index contributed by atoms with van der Waals surface area (Å²) in [6, 6.07) is 26.8. The van der Waals surface area contributed by atoms with E-state index in [2.05, 4.69) is 0 Å². The second-order valence-electron chi connectivity index (χ2n) is 8.38. The summed E-state index contributed by atoms with van der Waals surface area (Å²) in [6.07, 6.45) is 0.231. The zero-order chi connectivity index (χ0) is 22.1. The summed E-state index contributed by atoms with van der Waals surface area (Å²) in [5, 5.41) is 0.613. The first-order valence-corrected chi connectivity index (χ1v) is 11.1. The lowest BCUT2D eigenvalue weighted by molar-refractivity contribution is -0.131. The Morgan fingerprint density at radius 2 is 1.47 bits per heavy atom. The Kier molecular flexibility index (Phi) is 5.35. The fraction of sp³-hybridized carbons (Fsp3) is 0.231. The molecule has 2 heterocycles. The van der Waals surface area contributed by atoms with Gasteiger partial charge >= 0.3 is 6.09 Å². The number of nitrogens with zero attached hydrogens (tertiary/aromatic N) is 2. The highest BCUT2D eigenvalue weighted by Crippen LogP contribution is 2.37. The van der Waals surface area contributed by atoms with Crippen LogP contribution in [0.2, 0.25) is 5.02 Å². The van der Waals surface area contributed by atoms with Gasteiger partial charge in [-0.3, -0.25) is 9.69 Å². The predicted octanol–water partition coefficient (Wildman–Crippen LogP) is 5.10. The molecule has 0 N–H and O–H groups in total. The van der Waals surface area contributed by atoms with Crippen LogP contribution in [0.25, 0.3) is 0 Å². The number of ether oxygens (including phenoxy) is 1. The molecule has 1 atom stereocenters. The monoisotopic (exact) mass is 446 g/mol. The van der Waals surface area contributed by atoms with Crippen LogP contribution in [0.3, 0.4) is 0 Å². The minimum atomic E-state index is -0.690. The van der Waals surface area contributed by atoms with Crippen LogP contribution < -0.4 is 4.90 Å². The number of likely N-dealkylation sites (tertiary alicyclic amines) is 1. The zero-order valence-electron chi connectivity index (χ0n) is 17.5. The van der Waals surface area contributed by atoms with E-state index in [1.807, 2.05) is 65.6 Å². The number of carbonyl (C=O) groups excluding carboxylic acids is 2. The fourth-order valence-corrected chi connectivity index (χ4v) is 4.77. The Hall–Kier alpha value is -3.31. The number of anilines is 1. The molecule has 5 rings (SSSR count). The Morgan fingerprint density at radius 1 is 0.875 bits per heavy atom. The van der Waals surface area contributed by atoms with Crippen LogP contribution in [-0.4, -0.2) is 42.1 Å². The van der Waals surface area contributed by atoms with Crippen molar-refractivity contribution in [1.82, 2.24) is 4.90 Å². The summed E-state index contributed by atoms with van der Waals surface area (Å²) in [6.45, 7) is 1.35. The van der Waals surface area contributed by atoms with Gasteiger partial charge in [0.1, 0.15) is 0 Å². The third kappa shape index (κ3) is 3.84. The van der Waals surface area contributed by atoms with Gasteiger partial charge in [0.25, 0.3) is 0 Å². The van der Waals surface area contributed by atoms with Crippen molar-refractivity contribution in [3.05, 3.63) is 101 Å². The summed E-state index contributed by atoms with van der Waals surface area (Å²) in [4.78, 5) is 29.8. The first-order chi connectivity index (χ1) is 15.5. The third-order valence-electron chi connectivity index (χ3n) is 6.25. The number of amides is 2. The van der Waals surface area contributed by atoms with Crippen LogP contribution in [0.5, 0.6) is 0 Å². The number of hydrogen-bond acceptors (Lipinski definition) is 3. The van der Waals surface area contributed by atoms with E-state index in [0.717, 1.165) is 16.8 Å². The summed E-state index contributed by atoms with van der Waals surface area (Å²) in [5.41, 5.74) is 1.96. The van der Waals surface area contributed by atoms with E-state index in [-0.39, 0.29) is 12.0 Å². The second-order valence-corrected chi connectivity index (χ2v) is 8.81. The maximum Gasteiger partial charge on any atom is 0.415 e. The third-order valence-corrected chi connectivity index (χ3v) is 6.50. The van der Waals surface area contributed by atoms with Crippen molar-refractivity contribution >= 4 is 29.3 Å². The van der Waals surface area contributed by atoms with Crippen LogP contribution in [0.4, 0.5) is 10.5 Å². The van der Waals surface area contributed by atoms with E-state index in [1.54, 1.807) is 29.2 Å². The molecule has 0 aromatic heterocycles. The molecule has 1 spiro atoms. The highest BCUT2D eigenvalue weighted by atomic mass is 35.5. The Bertz CT molecular complexity index is 1080. The average Bonchev–Trinajstić information content (AvgIpc) is 3.38. The largest absolute Gasteiger partial charge is 0.439 e. The Labute approximate surface area is 192 Å². The quantitative estimate of drug-likeness (QED) is 0.560. The van der Waals surface area contributed by atoms with Crippen molar-refractivity contribution in [1.29, 1.82) is 0 Å². The van der Waals surface area contributed by atoms with Crippen LogP contribution >= 0.6 is 11.6 Å². The van der Waals surface area contributed by atoms with Crippen LogP contribution in [0, 0.1) is 0 Å². The average molecular weight is 447 g/mol. The van der Waals surface area contributed by atoms with Gasteiger partial charge in [0.05, 0.1) is 19.0 Å². The SMILES string of the molecule is O=C(C(c1ccccc1)c1ccccc1)N1CCC2(C1)CN(c1ccc(Cl)cc1)C(=O)O2. The van der Waals surface area contributed by atoms with E-state index in [4.69, 9.17) is 16.3 Å². The highest BCUT2D eigenvalue weighted by Gasteiger charge is 2.51. The van der Waals surface area contributed by atoms with Gasteiger partial charge in [0.15, 0.2) is 5.60 Å². The molecule has 2 aliphatic heterocycles. The van der Waals surface area contributed by atoms with E-state index in [9.17, 15) is 9.59 Å². The molecule has 0 saturated carbocycles. The molecule has 3 aromatic rings. The lowest BCUT2D eigenvalue weighted by atomic mass is 9.90. The highest BCUT2D eigenvalue weighted by molar-refractivity contribution is 6.30. The van der Waals surface area contributed by atoms with E-state index in [0.29, 0.717) is 31.1 Å². The minimum absolute atomic E-state index is 0.0280. The van der Waals surface area contributed by atoms with Gasteiger partial charge < -0.3 is 9.64 Å². The molecule has 3 aromatic carbocycles. The van der Waals surface area contributed by atoms with Crippen LogP contribution in [0.1, 0.15) is 23.5 Å². The molecule has 0 aliphatic carbocycles. The number of benzene rings is 3. The van der Waals surface area contributed by atoms with Crippen molar-refractivity contribution in [2.45, 2.75) is 17.9 Å². The molecular formula is C26H23ClN2O3. The van der Waals surface area contributed by atoms with Gasteiger partial charge in [-0.2, -0.15) is 0 Å². The smallest absolute Gasteiger partial charge is 0.415 e. The zero-order valence-corrected chi connectivity index (χ0v) is 18.2. The minimum Gasteiger partial charge on any atom is -0.439 e. The van der Waals surface area contributed by atoms with E-state index < -0.39 is 11.5 Å². The molecule has 2 aliphatic rings. The molecule has 32 heavy (non-hydrogen) atoms. The fourth-order valence-electron chi connectivity index (χ4n) is 4.64. The summed E-state index contributed by atoms with van der Waals surface area (Å²) < 4.78 is 5.84. The first-order valence-electron chi connectivity index (χ1n) is 10.7. The lowest BCUT2D eigenvalue weighted by Gasteiger charge is -2.26. The normalized spacial score (nSPS) is 20.2. The van der Waals surface area contributed by atoms with Crippen molar-refractivity contribution in [3.63, 3.8) is 0 Å². The van der Waals surface area contributed by atoms with Crippen molar-refractivity contribution < 1.29 is 14.3 Å². The first kappa shape index (κ1) is 20.6. The molecule has 0 radical (unpaired) electrons. The molecule has 6 heteroatoms. The van der Waals surface area contributed by atoms with E-state index in [1.165, 1.54) is 0 Å². The van der Waals surface area contributed by atoms with Gasteiger partial charge in [-0.1, -0.05) is 72.3 Å². The van der Waals surface area contributed by atoms with Gasteiger partial charge in [-0.05, 0) is 35.4 Å². The van der Waals surface area contributed by atoms with Gasteiger partial charge in [0, 0.05) is 23.7 Å². The molecule has 162 valence electrons. The van der Waals surface area contributed by atoms with Crippen molar-refractivity contribution in [2.24, 2.45) is 0 Å². The number of carbonyl (C=O) groups is 2. The topological polar surface area (TPSA) is 49.9 Å². The summed E-state index contributed by atoms with van der Waals surface area (Å²) in [5.74, 6) is -0.364. The molecule has 0 bridgehead atoms. The Morgan fingerprint density at radius 3 is 2.06 bits per heavy atom. The molecule has 5 nitrogen and oxygen atoms in total. The summed E-state index contributed by atoms with van der Waals surface area (Å²) >= 11 is 5.98. The predicted molar refractivity (Wildman–Crippen MR) is 124 cm³/mol. The molecule has 2 saturated heterocycles. The molecule has 2 amide bonds. The standard InChI is InChI=1S/C26H23ClN2O3/c27-21-11-13-22(14-12-21)29-18-26(32-25(29)31)15-16-28(17-26)24(30)23(19-7-3-1-4-8-19)20-9-5-2-6-10-20/h1-14,23H,15-18H2. The maximum absolute atomic E-state index is 13.7. The number of hydrogen-bond donors (Lipinski definition) is 0. The van der Waals surface area contributed by atoms with Gasteiger partial charge in [-0.15, -0.1) is 0 Å².